The van der Waals surface area contributed by atoms with Crippen molar-refractivity contribution in [2.45, 2.75) is 51.0 Å². The number of nitrogens with zero attached hydrogens (tertiary/aromatic N) is 3. The third kappa shape index (κ3) is 5.63. The molecule has 8 nitrogen and oxygen atoms in total. The normalized spacial score (nSPS) is 15.6. The number of hydrogen-bond donors (Lipinski definition) is 0. The second-order valence-corrected chi connectivity index (χ2v) is 10.1. The predicted octanol–water partition coefficient (Wildman–Crippen LogP) is 2.90. The van der Waals surface area contributed by atoms with Crippen LogP contribution in [0.4, 0.5) is 0 Å². The Bertz CT molecular complexity index is 1030. The Morgan fingerprint density at radius 3 is 2.38 bits per heavy atom. The zero-order valence-corrected chi connectivity index (χ0v) is 19.7. The van der Waals surface area contributed by atoms with Gasteiger partial charge >= 0.3 is 5.97 Å². The lowest BCUT2D eigenvalue weighted by Crippen LogP contribution is -2.41. The van der Waals surface area contributed by atoms with Crippen LogP contribution in [0.3, 0.4) is 0 Å². The molecule has 9 heteroatoms. The average molecular weight is 462 g/mol. The van der Waals surface area contributed by atoms with Gasteiger partial charge in [0.25, 0.3) is 10.0 Å². The fraction of sp³-hybridized carbons (Fsp3) is 0.522. The Morgan fingerprint density at radius 2 is 1.81 bits per heavy atom. The van der Waals surface area contributed by atoms with Crippen molar-refractivity contribution in [3.05, 3.63) is 47.4 Å². The van der Waals surface area contributed by atoms with E-state index in [-0.39, 0.29) is 30.5 Å². The number of benzene rings is 1. The van der Waals surface area contributed by atoms with Crippen LogP contribution in [-0.2, 0) is 33.0 Å². The Morgan fingerprint density at radius 1 is 1.16 bits per heavy atom. The van der Waals surface area contributed by atoms with Gasteiger partial charge in [0.05, 0.1) is 5.92 Å². The topological polar surface area (TPSA) is 98.6 Å². The highest BCUT2D eigenvalue weighted by atomic mass is 32.2. The Hall–Kier alpha value is -2.52. The van der Waals surface area contributed by atoms with Gasteiger partial charge in [0, 0.05) is 31.9 Å². The van der Waals surface area contributed by atoms with Crippen LogP contribution in [0.25, 0.3) is 0 Å². The molecule has 0 atom stereocenters. The molecule has 0 saturated carbocycles. The minimum atomic E-state index is -3.69. The number of hydrogen-bond acceptors (Lipinski definition) is 6. The van der Waals surface area contributed by atoms with Gasteiger partial charge in [-0.15, -0.1) is 0 Å². The van der Waals surface area contributed by atoms with Crippen molar-refractivity contribution in [3.8, 4) is 0 Å². The zero-order chi connectivity index (χ0) is 23.3. The van der Waals surface area contributed by atoms with Crippen LogP contribution in [0.15, 0.2) is 35.5 Å². The maximum absolute atomic E-state index is 12.8. The molecule has 0 aliphatic carbocycles. The number of piperidine rings is 1. The monoisotopic (exact) mass is 461 g/mol. The van der Waals surface area contributed by atoms with E-state index in [2.05, 4.69) is 11.9 Å². The third-order valence-electron chi connectivity index (χ3n) is 5.92. The van der Waals surface area contributed by atoms with Crippen molar-refractivity contribution in [1.82, 2.24) is 13.9 Å². The van der Waals surface area contributed by atoms with Crippen molar-refractivity contribution in [2.75, 3.05) is 19.7 Å². The molecule has 0 amide bonds. The fourth-order valence-corrected chi connectivity index (χ4v) is 5.19. The van der Waals surface area contributed by atoms with E-state index in [1.807, 2.05) is 12.1 Å². The molecule has 174 valence electrons. The minimum absolute atomic E-state index is 0.0184. The highest BCUT2D eigenvalue weighted by Crippen LogP contribution is 2.24. The lowest BCUT2D eigenvalue weighted by Gasteiger charge is -2.29. The van der Waals surface area contributed by atoms with Crippen molar-refractivity contribution in [2.24, 2.45) is 13.0 Å². The Balaban J connectivity index is 1.48. The van der Waals surface area contributed by atoms with E-state index >= 15 is 0 Å². The van der Waals surface area contributed by atoms with Crippen LogP contribution in [0.5, 0.6) is 0 Å². The molecule has 2 aromatic rings. The van der Waals surface area contributed by atoms with E-state index in [0.29, 0.717) is 24.2 Å². The van der Waals surface area contributed by atoms with Crippen molar-refractivity contribution in [3.63, 3.8) is 0 Å². The van der Waals surface area contributed by atoms with E-state index < -0.39 is 21.9 Å². The quantitative estimate of drug-likeness (QED) is 0.421. The smallest absolute Gasteiger partial charge is 0.309 e. The van der Waals surface area contributed by atoms with E-state index in [1.165, 1.54) is 16.1 Å². The number of unbranched alkanes of at least 4 members (excludes halogenated alkanes) is 1. The molecule has 1 aromatic carbocycles. The lowest BCUT2D eigenvalue weighted by molar-refractivity contribution is -0.148. The fourth-order valence-electron chi connectivity index (χ4n) is 3.69. The lowest BCUT2D eigenvalue weighted by atomic mass is 9.98. The van der Waals surface area contributed by atoms with Gasteiger partial charge in [-0.05, 0) is 38.2 Å². The largest absolute Gasteiger partial charge is 0.457 e. The summed E-state index contributed by atoms with van der Waals surface area (Å²) in [5.41, 5.74) is 1.70. The molecule has 1 saturated heterocycles. The first-order valence-electron chi connectivity index (χ1n) is 11.0. The summed E-state index contributed by atoms with van der Waals surface area (Å²) in [6.45, 7) is 3.99. The summed E-state index contributed by atoms with van der Waals surface area (Å²) in [4.78, 5) is 28.9. The number of ketones is 1. The maximum atomic E-state index is 12.8. The summed E-state index contributed by atoms with van der Waals surface area (Å²) in [5.74, 6) is -0.506. The number of sulfonamides is 1. The first-order chi connectivity index (χ1) is 15.2. The molecule has 0 spiro atoms. The molecule has 1 aliphatic heterocycles. The number of Topliss-reactive ketones (excluding diaryl/α,β-unsaturated/α-hetero) is 1. The average Bonchev–Trinajstić information content (AvgIpc) is 3.15. The van der Waals surface area contributed by atoms with Crippen molar-refractivity contribution in [1.29, 1.82) is 0 Å². The number of carbonyl (C=O) groups is 2. The molecule has 1 aromatic heterocycles. The van der Waals surface area contributed by atoms with Gasteiger partial charge < -0.3 is 9.30 Å². The van der Waals surface area contributed by atoms with Gasteiger partial charge in [0.15, 0.2) is 17.4 Å². The highest BCUT2D eigenvalue weighted by molar-refractivity contribution is 7.89. The van der Waals surface area contributed by atoms with Gasteiger partial charge in [-0.1, -0.05) is 37.6 Å². The van der Waals surface area contributed by atoms with E-state index in [9.17, 15) is 18.0 Å². The van der Waals surface area contributed by atoms with E-state index in [1.54, 1.807) is 30.7 Å². The van der Waals surface area contributed by atoms with Crippen LogP contribution in [0.1, 0.15) is 54.4 Å². The molecule has 0 radical (unpaired) electrons. The first kappa shape index (κ1) is 24.1. The highest BCUT2D eigenvalue weighted by Gasteiger charge is 2.34. The van der Waals surface area contributed by atoms with Crippen LogP contribution in [-0.4, -0.2) is 53.7 Å². The summed E-state index contributed by atoms with van der Waals surface area (Å²) in [6.07, 6.45) is 5.40. The second-order valence-electron chi connectivity index (χ2n) is 8.25. The van der Waals surface area contributed by atoms with Crippen molar-refractivity contribution >= 4 is 21.8 Å². The number of aromatic nitrogens is 2. The van der Waals surface area contributed by atoms with Crippen LogP contribution < -0.4 is 0 Å². The maximum Gasteiger partial charge on any atom is 0.309 e. The van der Waals surface area contributed by atoms with E-state index in [4.69, 9.17) is 4.74 Å². The van der Waals surface area contributed by atoms with Gasteiger partial charge in [-0.2, -0.15) is 4.31 Å². The zero-order valence-electron chi connectivity index (χ0n) is 18.9. The van der Waals surface area contributed by atoms with Crippen LogP contribution in [0, 0.1) is 12.8 Å². The molecule has 32 heavy (non-hydrogen) atoms. The number of imidazole rings is 1. The molecular formula is C23H31N3O5S. The first-order valence-corrected chi connectivity index (χ1v) is 12.4. The molecule has 1 fully saturated rings. The van der Waals surface area contributed by atoms with Gasteiger partial charge in [-0.3, -0.25) is 9.59 Å². The summed E-state index contributed by atoms with van der Waals surface area (Å²) >= 11 is 0. The molecule has 0 N–H and O–H groups in total. The predicted molar refractivity (Wildman–Crippen MR) is 120 cm³/mol. The van der Waals surface area contributed by atoms with Crippen LogP contribution >= 0.6 is 0 Å². The molecule has 3 rings (SSSR count). The minimum Gasteiger partial charge on any atom is -0.457 e. The number of rotatable bonds is 9. The SMILES string of the molecule is CCCCc1ccc(C(=O)COC(=O)C2CCN(S(=O)(=O)c3cn(C)c(C)n3)CC2)cc1. The van der Waals surface area contributed by atoms with Gasteiger partial charge in [0.2, 0.25) is 0 Å². The number of aryl methyl sites for hydroxylation is 3. The Labute approximate surface area is 189 Å². The van der Waals surface area contributed by atoms with Crippen molar-refractivity contribution < 1.29 is 22.7 Å². The molecule has 0 bridgehead atoms. The Kier molecular flexibility index (Phi) is 7.84. The molecule has 0 unspecified atom stereocenters. The molecule has 1 aliphatic rings. The number of esters is 1. The summed E-state index contributed by atoms with van der Waals surface area (Å²) < 4.78 is 33.8. The van der Waals surface area contributed by atoms with Crippen LogP contribution in [0.2, 0.25) is 0 Å². The number of ether oxygens (including phenoxy) is 1. The van der Waals surface area contributed by atoms with E-state index in [0.717, 1.165) is 19.3 Å². The number of carbonyl (C=O) groups excluding carboxylic acids is 2. The molecule has 2 heterocycles. The second kappa shape index (κ2) is 10.4. The van der Waals surface area contributed by atoms with Gasteiger partial charge in [0.1, 0.15) is 5.82 Å². The summed E-state index contributed by atoms with van der Waals surface area (Å²) in [5, 5.41) is 0.0184. The molecular weight excluding hydrogens is 430 g/mol. The standard InChI is InChI=1S/C23H31N3O5S/c1-4-5-6-18-7-9-19(10-8-18)21(27)16-31-23(28)20-11-13-26(14-12-20)32(29,30)22-15-25(3)17(2)24-22/h7-10,15,20H,4-6,11-14,16H2,1-3H3. The van der Waals surface area contributed by atoms with Gasteiger partial charge in [-0.25, -0.2) is 13.4 Å². The summed E-state index contributed by atoms with van der Waals surface area (Å²) in [6, 6.07) is 7.40. The third-order valence-corrected chi connectivity index (χ3v) is 7.69. The summed E-state index contributed by atoms with van der Waals surface area (Å²) in [7, 11) is -1.95.